The first-order valence-electron chi connectivity index (χ1n) is 7.88. The fourth-order valence-corrected chi connectivity index (χ4v) is 4.96. The molecule has 0 spiro atoms. The fourth-order valence-electron chi connectivity index (χ4n) is 3.35. The molecule has 1 atom stereocenters. The molecule has 0 saturated carbocycles. The standard InChI is InChI=1S/C16H23N3O3S/c1-12(20)19-7-5-13-3-4-14(9-15(13)19)23(21,22)18-8-6-16(2,10-17)11-18/h3-4,9H,5-8,10-11,17H2,1-2H3. The van der Waals surface area contributed by atoms with Crippen molar-refractivity contribution >= 4 is 21.6 Å². The third-order valence-electron chi connectivity index (χ3n) is 4.99. The summed E-state index contributed by atoms with van der Waals surface area (Å²) in [5.41, 5.74) is 7.36. The van der Waals surface area contributed by atoms with Gasteiger partial charge in [0.25, 0.3) is 0 Å². The first-order chi connectivity index (χ1) is 10.8. The number of nitrogens with zero attached hydrogens (tertiary/aromatic N) is 2. The van der Waals surface area contributed by atoms with Crippen molar-refractivity contribution < 1.29 is 13.2 Å². The Kier molecular flexibility index (Phi) is 3.98. The Morgan fingerprint density at radius 1 is 1.35 bits per heavy atom. The van der Waals surface area contributed by atoms with E-state index in [0.717, 1.165) is 24.1 Å². The minimum absolute atomic E-state index is 0.0600. The minimum atomic E-state index is -3.55. The molecule has 2 aliphatic heterocycles. The van der Waals surface area contributed by atoms with Crippen molar-refractivity contribution in [2.75, 3.05) is 31.1 Å². The Morgan fingerprint density at radius 3 is 2.70 bits per heavy atom. The third-order valence-corrected chi connectivity index (χ3v) is 6.83. The van der Waals surface area contributed by atoms with Gasteiger partial charge in [-0.1, -0.05) is 13.0 Å². The monoisotopic (exact) mass is 337 g/mol. The molecule has 1 amide bonds. The van der Waals surface area contributed by atoms with Crippen LogP contribution in [0.5, 0.6) is 0 Å². The third kappa shape index (κ3) is 2.77. The number of fused-ring (bicyclic) bond motifs is 1. The molecule has 2 N–H and O–H groups in total. The molecule has 1 fully saturated rings. The highest BCUT2D eigenvalue weighted by molar-refractivity contribution is 7.89. The average molecular weight is 337 g/mol. The van der Waals surface area contributed by atoms with Crippen LogP contribution >= 0.6 is 0 Å². The average Bonchev–Trinajstić information content (AvgIpc) is 3.11. The highest BCUT2D eigenvalue weighted by Gasteiger charge is 2.39. The van der Waals surface area contributed by atoms with Gasteiger partial charge in [0.2, 0.25) is 15.9 Å². The predicted molar refractivity (Wildman–Crippen MR) is 88.7 cm³/mol. The van der Waals surface area contributed by atoms with E-state index in [2.05, 4.69) is 0 Å². The van der Waals surface area contributed by atoms with Crippen LogP contribution in [-0.4, -0.2) is 44.8 Å². The molecule has 0 bridgehead atoms. The van der Waals surface area contributed by atoms with Gasteiger partial charge in [-0.15, -0.1) is 0 Å². The van der Waals surface area contributed by atoms with Gasteiger partial charge >= 0.3 is 0 Å². The van der Waals surface area contributed by atoms with Gasteiger partial charge in [0.05, 0.1) is 4.90 Å². The van der Waals surface area contributed by atoms with Gasteiger partial charge in [-0.2, -0.15) is 4.31 Å². The summed E-state index contributed by atoms with van der Waals surface area (Å²) in [6.45, 7) is 5.54. The molecular weight excluding hydrogens is 314 g/mol. The van der Waals surface area contributed by atoms with E-state index >= 15 is 0 Å². The van der Waals surface area contributed by atoms with Gasteiger partial charge in [-0.25, -0.2) is 8.42 Å². The number of sulfonamides is 1. The molecule has 23 heavy (non-hydrogen) atoms. The quantitative estimate of drug-likeness (QED) is 0.890. The van der Waals surface area contributed by atoms with Gasteiger partial charge < -0.3 is 10.6 Å². The lowest BCUT2D eigenvalue weighted by atomic mass is 9.90. The van der Waals surface area contributed by atoms with E-state index in [0.29, 0.717) is 26.2 Å². The molecule has 6 nitrogen and oxygen atoms in total. The van der Waals surface area contributed by atoms with Crippen LogP contribution in [0.25, 0.3) is 0 Å². The summed E-state index contributed by atoms with van der Waals surface area (Å²) in [6.07, 6.45) is 1.54. The van der Waals surface area contributed by atoms with E-state index < -0.39 is 10.0 Å². The number of benzene rings is 1. The van der Waals surface area contributed by atoms with Gasteiger partial charge in [-0.05, 0) is 42.5 Å². The molecule has 0 radical (unpaired) electrons. The van der Waals surface area contributed by atoms with Crippen LogP contribution in [0, 0.1) is 5.41 Å². The molecule has 0 aliphatic carbocycles. The largest absolute Gasteiger partial charge is 0.330 e. The van der Waals surface area contributed by atoms with Crippen molar-refractivity contribution in [3.8, 4) is 0 Å². The Balaban J connectivity index is 1.93. The summed E-state index contributed by atoms with van der Waals surface area (Å²) in [5, 5.41) is 0. The summed E-state index contributed by atoms with van der Waals surface area (Å²) < 4.78 is 27.3. The molecule has 2 aliphatic rings. The second-order valence-electron chi connectivity index (χ2n) is 6.81. The maximum atomic E-state index is 12.9. The van der Waals surface area contributed by atoms with Gasteiger partial charge in [0, 0.05) is 32.2 Å². The molecule has 1 aromatic rings. The highest BCUT2D eigenvalue weighted by Crippen LogP contribution is 2.35. The molecule has 3 rings (SSSR count). The first kappa shape index (κ1) is 16.4. The van der Waals surface area contributed by atoms with Crippen molar-refractivity contribution in [1.82, 2.24) is 4.31 Å². The van der Waals surface area contributed by atoms with E-state index in [1.807, 2.05) is 13.0 Å². The molecule has 2 heterocycles. The molecule has 1 saturated heterocycles. The molecule has 7 heteroatoms. The van der Waals surface area contributed by atoms with E-state index in [9.17, 15) is 13.2 Å². The number of nitrogens with two attached hydrogens (primary N) is 1. The van der Waals surface area contributed by atoms with E-state index in [4.69, 9.17) is 5.73 Å². The number of hydrogen-bond donors (Lipinski definition) is 1. The number of carbonyl (C=O) groups is 1. The number of carbonyl (C=O) groups excluding carboxylic acids is 1. The van der Waals surface area contributed by atoms with E-state index in [-0.39, 0.29) is 16.2 Å². The smallest absolute Gasteiger partial charge is 0.243 e. The molecule has 0 aromatic heterocycles. The summed E-state index contributed by atoms with van der Waals surface area (Å²) in [5.74, 6) is -0.0600. The zero-order valence-electron chi connectivity index (χ0n) is 13.6. The van der Waals surface area contributed by atoms with Gasteiger partial charge in [0.15, 0.2) is 0 Å². The predicted octanol–water partition coefficient (Wildman–Crippen LogP) is 0.955. The lowest BCUT2D eigenvalue weighted by molar-refractivity contribution is -0.116. The number of hydrogen-bond acceptors (Lipinski definition) is 4. The fraction of sp³-hybridized carbons (Fsp3) is 0.562. The van der Waals surface area contributed by atoms with Gasteiger partial charge in [-0.3, -0.25) is 4.79 Å². The molecular formula is C16H23N3O3S. The Hall–Kier alpha value is -1.44. The Morgan fingerprint density at radius 2 is 2.09 bits per heavy atom. The zero-order chi connectivity index (χ0) is 16.8. The lowest BCUT2D eigenvalue weighted by Crippen LogP contribution is -2.34. The van der Waals surface area contributed by atoms with Crippen molar-refractivity contribution in [1.29, 1.82) is 0 Å². The summed E-state index contributed by atoms with van der Waals surface area (Å²) in [6, 6.07) is 5.11. The number of rotatable bonds is 3. The SMILES string of the molecule is CC(=O)N1CCc2ccc(S(=O)(=O)N3CCC(C)(CN)C3)cc21. The summed E-state index contributed by atoms with van der Waals surface area (Å²) in [4.78, 5) is 13.6. The van der Waals surface area contributed by atoms with Crippen LogP contribution < -0.4 is 10.6 Å². The van der Waals surface area contributed by atoms with Crippen LogP contribution in [0.15, 0.2) is 23.1 Å². The molecule has 1 aromatic carbocycles. The van der Waals surface area contributed by atoms with Crippen LogP contribution in [0.1, 0.15) is 25.8 Å². The molecule has 1 unspecified atom stereocenters. The van der Waals surface area contributed by atoms with E-state index in [1.165, 1.54) is 11.2 Å². The maximum absolute atomic E-state index is 12.9. The Bertz CT molecular complexity index is 747. The second-order valence-corrected chi connectivity index (χ2v) is 8.75. The minimum Gasteiger partial charge on any atom is -0.330 e. The van der Waals surface area contributed by atoms with Crippen molar-refractivity contribution in [3.05, 3.63) is 23.8 Å². The maximum Gasteiger partial charge on any atom is 0.243 e. The molecule has 126 valence electrons. The van der Waals surface area contributed by atoms with E-state index in [1.54, 1.807) is 17.0 Å². The summed E-state index contributed by atoms with van der Waals surface area (Å²) in [7, 11) is -3.55. The highest BCUT2D eigenvalue weighted by atomic mass is 32.2. The van der Waals surface area contributed by atoms with Crippen molar-refractivity contribution in [2.45, 2.75) is 31.6 Å². The van der Waals surface area contributed by atoms with Crippen LogP contribution in [0.2, 0.25) is 0 Å². The second kappa shape index (κ2) is 5.58. The first-order valence-corrected chi connectivity index (χ1v) is 9.32. The van der Waals surface area contributed by atoms with Crippen molar-refractivity contribution in [3.63, 3.8) is 0 Å². The topological polar surface area (TPSA) is 83.7 Å². The van der Waals surface area contributed by atoms with Crippen LogP contribution in [0.4, 0.5) is 5.69 Å². The normalized spacial score (nSPS) is 24.9. The number of amides is 1. The Labute approximate surface area is 137 Å². The summed E-state index contributed by atoms with van der Waals surface area (Å²) >= 11 is 0. The number of anilines is 1. The zero-order valence-corrected chi connectivity index (χ0v) is 14.4. The lowest BCUT2D eigenvalue weighted by Gasteiger charge is -2.23. The van der Waals surface area contributed by atoms with Crippen LogP contribution in [-0.2, 0) is 21.2 Å². The van der Waals surface area contributed by atoms with Gasteiger partial charge in [0.1, 0.15) is 0 Å². The van der Waals surface area contributed by atoms with Crippen LogP contribution in [0.3, 0.4) is 0 Å². The van der Waals surface area contributed by atoms with Crippen molar-refractivity contribution in [2.24, 2.45) is 11.1 Å².